The number of hydrogen-bond acceptors (Lipinski definition) is 5. The van der Waals surface area contributed by atoms with Gasteiger partial charge in [0.25, 0.3) is 0 Å². The van der Waals surface area contributed by atoms with E-state index in [1.54, 1.807) is 0 Å². The van der Waals surface area contributed by atoms with Crippen molar-refractivity contribution in [2.45, 2.75) is 36.3 Å². The Morgan fingerprint density at radius 3 is 2.81 bits per heavy atom. The van der Waals surface area contributed by atoms with E-state index in [2.05, 4.69) is 32.6 Å². The van der Waals surface area contributed by atoms with Crippen LogP contribution in [0.1, 0.15) is 19.8 Å². The third-order valence-electron chi connectivity index (χ3n) is 5.60. The molecule has 164 valence electrons. The van der Waals surface area contributed by atoms with E-state index >= 15 is 0 Å². The molecule has 2 N–H and O–H groups in total. The fraction of sp³-hybridized carbons (Fsp3) is 0.292. The number of carbonyl (C=O) groups excluding carboxylic acids is 1. The first-order chi connectivity index (χ1) is 15.7. The van der Waals surface area contributed by atoms with Crippen LogP contribution < -0.4 is 5.32 Å². The largest absolute Gasteiger partial charge is 0.376 e. The summed E-state index contributed by atoms with van der Waals surface area (Å²) < 4.78 is 7.60. The van der Waals surface area contributed by atoms with Gasteiger partial charge in [-0.1, -0.05) is 48.2 Å². The van der Waals surface area contributed by atoms with E-state index in [-0.39, 0.29) is 17.3 Å². The van der Waals surface area contributed by atoms with Crippen LogP contribution in [0.3, 0.4) is 0 Å². The Balaban J connectivity index is 1.42. The number of aromatic amines is 1. The third-order valence-corrected chi connectivity index (χ3v) is 6.64. The van der Waals surface area contributed by atoms with E-state index in [1.165, 1.54) is 11.8 Å². The van der Waals surface area contributed by atoms with Crippen molar-refractivity contribution in [1.82, 2.24) is 25.1 Å². The number of nitrogens with one attached hydrogen (secondary N) is 2. The molecule has 0 spiro atoms. The molecule has 1 aliphatic rings. The number of para-hydroxylation sites is 2. The van der Waals surface area contributed by atoms with Crippen molar-refractivity contribution in [2.75, 3.05) is 13.2 Å². The lowest BCUT2D eigenvalue weighted by atomic mass is 10.2. The number of H-pyrrole nitrogens is 1. The zero-order chi connectivity index (χ0) is 21.9. The zero-order valence-corrected chi connectivity index (χ0v) is 18.6. The molecular formula is C24H25N5O2S. The van der Waals surface area contributed by atoms with Crippen LogP contribution in [0.25, 0.3) is 28.1 Å². The summed E-state index contributed by atoms with van der Waals surface area (Å²) in [5.74, 6) is 0.683. The number of thioether (sulfide) groups is 1. The molecule has 1 amide bonds. The van der Waals surface area contributed by atoms with Gasteiger partial charge in [-0.25, -0.2) is 0 Å². The molecule has 5 rings (SSSR count). The Hall–Kier alpha value is -3.10. The average Bonchev–Trinajstić information content (AvgIpc) is 3.57. The van der Waals surface area contributed by atoms with Crippen molar-refractivity contribution in [2.24, 2.45) is 0 Å². The molecule has 2 atom stereocenters. The first kappa shape index (κ1) is 20.8. The van der Waals surface area contributed by atoms with Crippen LogP contribution in [0.5, 0.6) is 0 Å². The molecule has 0 bridgehead atoms. The molecule has 0 aliphatic carbocycles. The van der Waals surface area contributed by atoms with Gasteiger partial charge in [-0.2, -0.15) is 0 Å². The van der Waals surface area contributed by atoms with E-state index < -0.39 is 0 Å². The maximum Gasteiger partial charge on any atom is 0.233 e. The van der Waals surface area contributed by atoms with E-state index in [4.69, 9.17) is 4.74 Å². The summed E-state index contributed by atoms with van der Waals surface area (Å²) >= 11 is 1.40. The van der Waals surface area contributed by atoms with Gasteiger partial charge in [0.2, 0.25) is 5.91 Å². The molecule has 0 saturated carbocycles. The third kappa shape index (κ3) is 4.28. The van der Waals surface area contributed by atoms with Gasteiger partial charge in [0.15, 0.2) is 11.0 Å². The molecule has 3 heterocycles. The monoisotopic (exact) mass is 447 g/mol. The minimum absolute atomic E-state index is 0.0275. The molecule has 2 aromatic carbocycles. The number of benzene rings is 2. The lowest BCUT2D eigenvalue weighted by molar-refractivity contribution is -0.120. The number of amides is 1. The molecule has 1 fully saturated rings. The summed E-state index contributed by atoms with van der Waals surface area (Å²) in [6.45, 7) is 3.22. The van der Waals surface area contributed by atoms with Crippen molar-refractivity contribution >= 4 is 28.6 Å². The fourth-order valence-electron chi connectivity index (χ4n) is 3.90. The van der Waals surface area contributed by atoms with Gasteiger partial charge in [0.05, 0.1) is 17.0 Å². The van der Waals surface area contributed by atoms with E-state index in [9.17, 15) is 4.79 Å². The van der Waals surface area contributed by atoms with Crippen LogP contribution in [-0.4, -0.2) is 50.2 Å². The van der Waals surface area contributed by atoms with Crippen LogP contribution in [0.4, 0.5) is 0 Å². The second-order valence-corrected chi connectivity index (χ2v) is 9.20. The first-order valence-corrected chi connectivity index (χ1v) is 11.7. The minimum atomic E-state index is -0.321. The second kappa shape index (κ2) is 9.18. The zero-order valence-electron chi connectivity index (χ0n) is 17.8. The van der Waals surface area contributed by atoms with Gasteiger partial charge in [0, 0.05) is 29.7 Å². The van der Waals surface area contributed by atoms with E-state index in [0.29, 0.717) is 17.5 Å². The quantitative estimate of drug-likeness (QED) is 0.415. The van der Waals surface area contributed by atoms with Crippen molar-refractivity contribution in [3.63, 3.8) is 0 Å². The lowest BCUT2D eigenvalue weighted by Gasteiger charge is -2.15. The highest BCUT2D eigenvalue weighted by Gasteiger charge is 2.24. The molecule has 8 heteroatoms. The summed E-state index contributed by atoms with van der Waals surface area (Å²) in [5.41, 5.74) is 2.87. The molecular weight excluding hydrogens is 422 g/mol. The van der Waals surface area contributed by atoms with Gasteiger partial charge >= 0.3 is 0 Å². The summed E-state index contributed by atoms with van der Waals surface area (Å²) in [6, 6.07) is 20.2. The Morgan fingerprint density at radius 2 is 2.03 bits per heavy atom. The molecule has 0 radical (unpaired) electrons. The normalized spacial score (nSPS) is 17.0. The average molecular weight is 448 g/mol. The topological polar surface area (TPSA) is 84.8 Å². The number of fused-ring (bicyclic) bond motifs is 1. The van der Waals surface area contributed by atoms with Crippen LogP contribution in [0.2, 0.25) is 0 Å². The van der Waals surface area contributed by atoms with E-state index in [1.807, 2.05) is 60.0 Å². The molecule has 7 nitrogen and oxygen atoms in total. The Morgan fingerprint density at radius 1 is 1.22 bits per heavy atom. The highest BCUT2D eigenvalue weighted by atomic mass is 32.2. The molecule has 0 unspecified atom stereocenters. The Kier molecular flexibility index (Phi) is 5.96. The number of rotatable bonds is 7. The number of carbonyl (C=O) groups is 1. The SMILES string of the molecule is C[C@H](Sc1nnc(-c2cc3ccccc3[nH]2)n1-c1ccccc1)C(=O)NC[C@H]1CCCO1. The predicted molar refractivity (Wildman–Crippen MR) is 126 cm³/mol. The first-order valence-electron chi connectivity index (χ1n) is 10.8. The molecule has 32 heavy (non-hydrogen) atoms. The van der Waals surface area contributed by atoms with Crippen molar-refractivity contribution in [3.8, 4) is 17.2 Å². The van der Waals surface area contributed by atoms with Gasteiger partial charge in [-0.05, 0) is 44.0 Å². The number of aromatic nitrogens is 4. The molecule has 1 aliphatic heterocycles. The van der Waals surface area contributed by atoms with Crippen molar-refractivity contribution in [3.05, 3.63) is 60.7 Å². The fourth-order valence-corrected chi connectivity index (χ4v) is 4.79. The van der Waals surface area contributed by atoms with Crippen LogP contribution in [0.15, 0.2) is 65.8 Å². The smallest absolute Gasteiger partial charge is 0.233 e. The summed E-state index contributed by atoms with van der Waals surface area (Å²) in [6.07, 6.45) is 2.18. The molecule has 1 saturated heterocycles. The van der Waals surface area contributed by atoms with E-state index in [0.717, 1.165) is 41.7 Å². The van der Waals surface area contributed by atoms with Gasteiger partial charge in [-0.15, -0.1) is 10.2 Å². The van der Waals surface area contributed by atoms with Crippen LogP contribution >= 0.6 is 11.8 Å². The van der Waals surface area contributed by atoms with Gasteiger partial charge < -0.3 is 15.0 Å². The lowest BCUT2D eigenvalue weighted by Crippen LogP contribution is -2.36. The van der Waals surface area contributed by atoms with Gasteiger partial charge in [0.1, 0.15) is 0 Å². The number of ether oxygens (including phenoxy) is 1. The summed E-state index contributed by atoms with van der Waals surface area (Å²) in [4.78, 5) is 16.1. The molecule has 2 aromatic heterocycles. The maximum absolute atomic E-state index is 12.7. The number of hydrogen-bond donors (Lipinski definition) is 2. The number of nitrogens with zero attached hydrogens (tertiary/aromatic N) is 3. The molecule has 4 aromatic rings. The van der Waals surface area contributed by atoms with Crippen molar-refractivity contribution in [1.29, 1.82) is 0 Å². The summed E-state index contributed by atoms with van der Waals surface area (Å²) in [7, 11) is 0. The van der Waals surface area contributed by atoms with Crippen molar-refractivity contribution < 1.29 is 9.53 Å². The standard InChI is InChI=1S/C24H25N5O2S/c1-16(23(30)25-15-19-11-7-13-31-19)32-24-28-27-22(29(24)18-9-3-2-4-10-18)21-14-17-8-5-6-12-20(17)26-21/h2-6,8-10,12,14,16,19,26H,7,11,13,15H2,1H3,(H,25,30)/t16-,19+/m0/s1. The minimum Gasteiger partial charge on any atom is -0.376 e. The predicted octanol–water partition coefficient (Wildman–Crippen LogP) is 4.19. The Bertz CT molecular complexity index is 1180. The van der Waals surface area contributed by atoms with Crippen LogP contribution in [-0.2, 0) is 9.53 Å². The van der Waals surface area contributed by atoms with Crippen LogP contribution in [0, 0.1) is 0 Å². The van der Waals surface area contributed by atoms with Gasteiger partial charge in [-0.3, -0.25) is 9.36 Å². The Labute approximate surface area is 190 Å². The highest BCUT2D eigenvalue weighted by Crippen LogP contribution is 2.31. The maximum atomic E-state index is 12.7. The second-order valence-electron chi connectivity index (χ2n) is 7.89. The highest BCUT2D eigenvalue weighted by molar-refractivity contribution is 8.00. The summed E-state index contributed by atoms with van der Waals surface area (Å²) in [5, 5.41) is 13.4.